The summed E-state index contributed by atoms with van der Waals surface area (Å²) in [4.78, 5) is 37.2. The molecule has 9 heteroatoms. The van der Waals surface area contributed by atoms with Crippen molar-refractivity contribution in [2.45, 2.75) is 50.7 Å². The Balaban J connectivity index is 0.00000304. The average molecular weight is 559 g/mol. The lowest BCUT2D eigenvalue weighted by molar-refractivity contribution is -0.939. The van der Waals surface area contributed by atoms with Gasteiger partial charge in [0.05, 0.1) is 19.3 Å². The van der Waals surface area contributed by atoms with Crippen LogP contribution in [0.2, 0.25) is 0 Å². The highest BCUT2D eigenvalue weighted by molar-refractivity contribution is 5.90. The summed E-state index contributed by atoms with van der Waals surface area (Å²) in [6.07, 6.45) is 9.89. The summed E-state index contributed by atoms with van der Waals surface area (Å²) in [5.41, 5.74) is 0.183. The number of hydrogen-bond acceptors (Lipinski definition) is 6. The second-order valence-electron chi connectivity index (χ2n) is 10.5. The van der Waals surface area contributed by atoms with Crippen LogP contribution in [0.4, 0.5) is 5.82 Å². The monoisotopic (exact) mass is 557 g/mol. The lowest BCUT2D eigenvalue weighted by atomic mass is 9.82. The third-order valence-electron chi connectivity index (χ3n) is 8.33. The van der Waals surface area contributed by atoms with Gasteiger partial charge in [0.2, 0.25) is 0 Å². The summed E-state index contributed by atoms with van der Waals surface area (Å²) in [6.45, 7) is 6.75. The number of nitrogens with zero attached hydrogens (tertiary/aromatic N) is 4. The minimum Gasteiger partial charge on any atom is -1.00 e. The minimum atomic E-state index is -0.804. The number of esters is 1. The quantitative estimate of drug-likeness (QED) is 0.380. The molecule has 0 unspecified atom stereocenters. The zero-order chi connectivity index (χ0) is 24.3. The summed E-state index contributed by atoms with van der Waals surface area (Å²) >= 11 is 0. The number of fused-ring (bicyclic) bond motifs is 3. The Hall–Kier alpha value is -2.36. The molecule has 1 N–H and O–H groups in total. The third-order valence-corrected chi connectivity index (χ3v) is 8.33. The molecule has 1 aromatic heterocycles. The summed E-state index contributed by atoms with van der Waals surface area (Å²) in [6, 6.07) is 10.1. The van der Waals surface area contributed by atoms with E-state index in [1.807, 2.05) is 37.3 Å². The van der Waals surface area contributed by atoms with E-state index < -0.39 is 5.54 Å². The van der Waals surface area contributed by atoms with Gasteiger partial charge in [0, 0.05) is 31.2 Å². The van der Waals surface area contributed by atoms with Crippen molar-refractivity contribution < 1.29 is 35.8 Å². The molecule has 0 radical (unpaired) electrons. The van der Waals surface area contributed by atoms with Gasteiger partial charge in [-0.3, -0.25) is 14.7 Å². The highest BCUT2D eigenvalue weighted by Gasteiger charge is 2.51. The normalized spacial score (nSPS) is 27.4. The number of piperidine rings is 4. The van der Waals surface area contributed by atoms with Gasteiger partial charge in [0.25, 0.3) is 5.91 Å². The third kappa shape index (κ3) is 5.48. The van der Waals surface area contributed by atoms with E-state index in [4.69, 9.17) is 4.74 Å². The molecule has 2 atom stereocenters. The van der Waals surface area contributed by atoms with Gasteiger partial charge in [-0.25, -0.2) is 9.78 Å². The maximum absolute atomic E-state index is 13.9. The second kappa shape index (κ2) is 11.4. The molecule has 4 aliphatic heterocycles. The molecule has 36 heavy (non-hydrogen) atoms. The molecule has 1 amide bonds. The van der Waals surface area contributed by atoms with Crippen molar-refractivity contribution in [2.75, 3.05) is 44.6 Å². The molecule has 4 aliphatic rings. The molecule has 2 aromatic rings. The SMILES string of the molecule is C[C@@](C(=O)O[C@H]1C[N+]2(CC(=O)Nc3cnccn3)CCC1CC2)(c1ccccc1)N1CCCCC1.[Br-]. The number of halogens is 1. The van der Waals surface area contributed by atoms with Gasteiger partial charge in [-0.05, 0) is 38.4 Å². The van der Waals surface area contributed by atoms with Crippen LogP contribution in [0.1, 0.15) is 44.6 Å². The van der Waals surface area contributed by atoms with Crippen molar-refractivity contribution in [2.24, 2.45) is 5.92 Å². The van der Waals surface area contributed by atoms with Crippen LogP contribution >= 0.6 is 0 Å². The van der Waals surface area contributed by atoms with E-state index in [1.54, 1.807) is 18.6 Å². The fourth-order valence-electron chi connectivity index (χ4n) is 6.21. The summed E-state index contributed by atoms with van der Waals surface area (Å²) in [5, 5.41) is 2.87. The first-order chi connectivity index (χ1) is 17.0. The molecule has 0 aliphatic carbocycles. The predicted octanol–water partition coefficient (Wildman–Crippen LogP) is -0.0274. The Morgan fingerprint density at radius 1 is 1.11 bits per heavy atom. The van der Waals surface area contributed by atoms with Crippen LogP contribution in [-0.2, 0) is 19.9 Å². The van der Waals surface area contributed by atoms with Crippen molar-refractivity contribution in [3.63, 3.8) is 0 Å². The van der Waals surface area contributed by atoms with Crippen molar-refractivity contribution in [1.82, 2.24) is 14.9 Å². The van der Waals surface area contributed by atoms with Gasteiger partial charge in [0.15, 0.2) is 18.5 Å². The first-order valence-corrected chi connectivity index (χ1v) is 12.9. The van der Waals surface area contributed by atoms with Gasteiger partial charge in [-0.1, -0.05) is 36.8 Å². The molecular weight excluding hydrogens is 522 g/mol. The number of aromatic nitrogens is 2. The van der Waals surface area contributed by atoms with Gasteiger partial charge >= 0.3 is 5.97 Å². The fourth-order valence-corrected chi connectivity index (χ4v) is 6.21. The minimum absolute atomic E-state index is 0. The van der Waals surface area contributed by atoms with E-state index in [0.717, 1.165) is 57.4 Å². The predicted molar refractivity (Wildman–Crippen MR) is 132 cm³/mol. The Labute approximate surface area is 223 Å². The molecule has 4 saturated heterocycles. The molecule has 8 nitrogen and oxygen atoms in total. The van der Waals surface area contributed by atoms with Gasteiger partial charge in [-0.2, -0.15) is 0 Å². The van der Waals surface area contributed by atoms with Crippen molar-refractivity contribution in [1.29, 1.82) is 0 Å². The van der Waals surface area contributed by atoms with Crippen LogP contribution in [0.5, 0.6) is 0 Å². The highest BCUT2D eigenvalue weighted by Crippen LogP contribution is 2.38. The van der Waals surface area contributed by atoms with Crippen LogP contribution in [0.15, 0.2) is 48.9 Å². The lowest BCUT2D eigenvalue weighted by Gasteiger charge is -2.52. The number of rotatable bonds is 7. The Kier molecular flexibility index (Phi) is 8.42. The molecule has 194 valence electrons. The molecule has 2 bridgehead atoms. The standard InChI is InChI=1S/C27H35N5O3.BrH/c1-27(22-8-4-2-5-9-22,31-14-6-3-7-15-31)26(34)35-23-19-32(16-10-21(23)11-17-32)20-25(33)30-24-18-28-12-13-29-24;/h2,4-5,8-9,12-13,18,21,23H,3,6-7,10-11,14-17,19-20H2,1H3;1H/t21?,23-,27-,32?;/m0./s1. The number of hydrogen-bond donors (Lipinski definition) is 1. The van der Waals surface area contributed by atoms with E-state index >= 15 is 0 Å². The lowest BCUT2D eigenvalue weighted by Crippen LogP contribution is -3.00. The summed E-state index contributed by atoms with van der Waals surface area (Å²) < 4.78 is 7.03. The molecule has 0 spiro atoms. The van der Waals surface area contributed by atoms with Crippen LogP contribution in [0.3, 0.4) is 0 Å². The van der Waals surface area contributed by atoms with Crippen LogP contribution in [0.25, 0.3) is 0 Å². The Bertz CT molecular complexity index is 1030. The van der Waals surface area contributed by atoms with E-state index in [9.17, 15) is 9.59 Å². The Morgan fingerprint density at radius 2 is 1.83 bits per heavy atom. The fraction of sp³-hybridized carbons (Fsp3) is 0.556. The number of quaternary nitrogens is 1. The first kappa shape index (κ1) is 26.7. The van der Waals surface area contributed by atoms with E-state index in [2.05, 4.69) is 20.2 Å². The molecule has 0 saturated carbocycles. The summed E-state index contributed by atoms with van der Waals surface area (Å²) in [5.74, 6) is 0.596. The number of carbonyl (C=O) groups is 2. The number of likely N-dealkylation sites (tertiary alicyclic amines) is 1. The van der Waals surface area contributed by atoms with Crippen LogP contribution in [-0.4, -0.2) is 76.6 Å². The van der Waals surface area contributed by atoms with Gasteiger partial charge in [-0.15, -0.1) is 0 Å². The smallest absolute Gasteiger partial charge is 0.331 e. The molecule has 1 aromatic carbocycles. The highest BCUT2D eigenvalue weighted by atomic mass is 79.9. The van der Waals surface area contributed by atoms with E-state index in [-0.39, 0.29) is 35.0 Å². The zero-order valence-corrected chi connectivity index (χ0v) is 22.5. The van der Waals surface area contributed by atoms with Crippen molar-refractivity contribution in [3.05, 3.63) is 54.5 Å². The van der Waals surface area contributed by atoms with Gasteiger partial charge in [0.1, 0.15) is 12.1 Å². The molecule has 6 rings (SSSR count). The van der Waals surface area contributed by atoms with Crippen LogP contribution in [0, 0.1) is 5.92 Å². The number of benzene rings is 1. The van der Waals surface area contributed by atoms with E-state index in [0.29, 0.717) is 29.3 Å². The average Bonchev–Trinajstić information content (AvgIpc) is 2.90. The van der Waals surface area contributed by atoms with Crippen molar-refractivity contribution in [3.8, 4) is 0 Å². The largest absolute Gasteiger partial charge is 1.00 e. The van der Waals surface area contributed by atoms with Crippen molar-refractivity contribution >= 4 is 17.7 Å². The maximum Gasteiger partial charge on any atom is 0.331 e. The molecule has 4 fully saturated rings. The first-order valence-electron chi connectivity index (χ1n) is 12.9. The topological polar surface area (TPSA) is 84.4 Å². The van der Waals surface area contributed by atoms with Crippen LogP contribution < -0.4 is 22.3 Å². The molecular formula is C27H36BrN5O3. The zero-order valence-electron chi connectivity index (χ0n) is 20.9. The van der Waals surface area contributed by atoms with Gasteiger partial charge < -0.3 is 31.5 Å². The van der Waals surface area contributed by atoms with E-state index in [1.165, 1.54) is 6.42 Å². The summed E-state index contributed by atoms with van der Waals surface area (Å²) in [7, 11) is 0. The number of ether oxygens (including phenoxy) is 1. The number of carbonyl (C=O) groups excluding carboxylic acids is 2. The maximum atomic E-state index is 13.9. The second-order valence-corrected chi connectivity index (χ2v) is 10.5. The number of nitrogens with one attached hydrogen (secondary N) is 1. The number of anilines is 1. The number of amides is 1. The molecule has 5 heterocycles. The Morgan fingerprint density at radius 3 is 2.50 bits per heavy atom.